The molecular formula is C20H26N4O2S. The van der Waals surface area contributed by atoms with Crippen molar-refractivity contribution in [2.75, 3.05) is 13.1 Å². The fourth-order valence-corrected chi connectivity index (χ4v) is 5.19. The number of likely N-dealkylation sites (tertiary alicyclic amines) is 1. The zero-order valence-corrected chi connectivity index (χ0v) is 17.0. The first-order chi connectivity index (χ1) is 12.9. The molecule has 1 aliphatic rings. The number of fused-ring (bicyclic) bond motifs is 3. The zero-order chi connectivity index (χ0) is 19.1. The van der Waals surface area contributed by atoms with E-state index >= 15 is 0 Å². The maximum absolute atomic E-state index is 12.8. The number of aryl methyl sites for hydroxylation is 2. The monoisotopic (exact) mass is 386 g/mol. The standard InChI is InChI=1S/C20H26N4O2S/c1-13-9-14(2)12-22(11-13)19(25)5-4-7-23-20(26)17-10-18-16(6-8-27-18)24(17)15(3)21-23/h6,8,10,13-14H,4-5,7,9,11-12H2,1-3H3/t13-,14-/m0/s1. The Morgan fingerprint density at radius 2 is 2.00 bits per heavy atom. The van der Waals surface area contributed by atoms with Crippen molar-refractivity contribution >= 4 is 33.0 Å². The van der Waals surface area contributed by atoms with Crippen molar-refractivity contribution in [1.82, 2.24) is 19.1 Å². The molecule has 0 spiro atoms. The van der Waals surface area contributed by atoms with E-state index in [1.54, 1.807) is 11.3 Å². The molecule has 7 heteroatoms. The summed E-state index contributed by atoms with van der Waals surface area (Å²) in [6.45, 7) is 8.52. The Labute approximate surface area is 162 Å². The van der Waals surface area contributed by atoms with Crippen molar-refractivity contribution in [2.24, 2.45) is 11.8 Å². The lowest BCUT2D eigenvalue weighted by Crippen LogP contribution is -2.42. The van der Waals surface area contributed by atoms with E-state index in [9.17, 15) is 9.59 Å². The Bertz CT molecular complexity index is 1040. The Morgan fingerprint density at radius 3 is 2.74 bits per heavy atom. The third-order valence-corrected chi connectivity index (χ3v) is 6.30. The van der Waals surface area contributed by atoms with E-state index in [0.717, 1.165) is 29.1 Å². The van der Waals surface area contributed by atoms with Gasteiger partial charge in [0.1, 0.15) is 11.3 Å². The molecule has 4 rings (SSSR count). The highest BCUT2D eigenvalue weighted by Crippen LogP contribution is 2.24. The van der Waals surface area contributed by atoms with Gasteiger partial charge in [-0.05, 0) is 49.1 Å². The molecule has 144 valence electrons. The second-order valence-electron chi connectivity index (χ2n) is 7.96. The van der Waals surface area contributed by atoms with Crippen LogP contribution in [0.4, 0.5) is 0 Å². The van der Waals surface area contributed by atoms with Gasteiger partial charge in [0.15, 0.2) is 0 Å². The molecule has 3 aromatic rings. The predicted molar refractivity (Wildman–Crippen MR) is 108 cm³/mol. The van der Waals surface area contributed by atoms with Crippen molar-refractivity contribution < 1.29 is 4.79 Å². The van der Waals surface area contributed by atoms with Crippen LogP contribution in [-0.4, -0.2) is 38.1 Å². The second kappa shape index (κ2) is 7.11. The first kappa shape index (κ1) is 18.2. The molecular weight excluding hydrogens is 360 g/mol. The molecule has 2 atom stereocenters. The van der Waals surface area contributed by atoms with Crippen molar-refractivity contribution in [3.05, 3.63) is 33.7 Å². The molecule has 27 heavy (non-hydrogen) atoms. The normalized spacial score (nSPS) is 20.6. The maximum atomic E-state index is 12.8. The number of rotatable bonds is 4. The summed E-state index contributed by atoms with van der Waals surface area (Å²) in [5.74, 6) is 2.12. The lowest BCUT2D eigenvalue weighted by Gasteiger charge is -2.35. The van der Waals surface area contributed by atoms with E-state index < -0.39 is 0 Å². The second-order valence-corrected chi connectivity index (χ2v) is 8.91. The molecule has 4 heterocycles. The van der Waals surface area contributed by atoms with Gasteiger partial charge < -0.3 is 4.90 Å². The average Bonchev–Trinajstić information content (AvgIpc) is 3.19. The minimum absolute atomic E-state index is 0.0864. The molecule has 0 unspecified atom stereocenters. The number of hydrogen-bond acceptors (Lipinski definition) is 4. The van der Waals surface area contributed by atoms with Gasteiger partial charge in [0, 0.05) is 26.1 Å². The number of piperidine rings is 1. The summed E-state index contributed by atoms with van der Waals surface area (Å²) in [7, 11) is 0. The average molecular weight is 387 g/mol. The zero-order valence-electron chi connectivity index (χ0n) is 16.1. The van der Waals surface area contributed by atoms with Gasteiger partial charge in [0.05, 0.1) is 10.2 Å². The van der Waals surface area contributed by atoms with Gasteiger partial charge in [-0.15, -0.1) is 11.3 Å². The number of nitrogens with zero attached hydrogens (tertiary/aromatic N) is 4. The summed E-state index contributed by atoms with van der Waals surface area (Å²) in [6, 6.07) is 3.96. The van der Waals surface area contributed by atoms with Crippen molar-refractivity contribution in [2.45, 2.75) is 46.6 Å². The smallest absolute Gasteiger partial charge is 0.291 e. The number of amides is 1. The minimum Gasteiger partial charge on any atom is -0.342 e. The van der Waals surface area contributed by atoms with E-state index in [0.29, 0.717) is 36.7 Å². The fraction of sp³-hybridized carbons (Fsp3) is 0.550. The number of carbonyl (C=O) groups excluding carboxylic acids is 1. The number of aromatic nitrogens is 3. The van der Waals surface area contributed by atoms with Crippen molar-refractivity contribution in [3.8, 4) is 0 Å². The number of thiophene rings is 1. The summed E-state index contributed by atoms with van der Waals surface area (Å²) < 4.78 is 4.54. The summed E-state index contributed by atoms with van der Waals surface area (Å²) in [4.78, 5) is 27.3. The SMILES string of the molecule is Cc1nn(CCCC(=O)N2C[C@@H](C)C[C@H](C)C2)c(=O)c2cc3sccc3n12. The predicted octanol–water partition coefficient (Wildman–Crippen LogP) is 3.30. The van der Waals surface area contributed by atoms with Gasteiger partial charge in [0.25, 0.3) is 5.56 Å². The molecule has 1 fully saturated rings. The van der Waals surface area contributed by atoms with Crippen LogP contribution in [-0.2, 0) is 11.3 Å². The number of carbonyl (C=O) groups is 1. The van der Waals surface area contributed by atoms with Gasteiger partial charge >= 0.3 is 0 Å². The van der Waals surface area contributed by atoms with Gasteiger partial charge in [0.2, 0.25) is 5.91 Å². The van der Waals surface area contributed by atoms with Gasteiger partial charge in [-0.25, -0.2) is 4.68 Å². The molecule has 3 aromatic heterocycles. The Kier molecular flexibility index (Phi) is 4.80. The molecule has 0 aliphatic carbocycles. The third kappa shape index (κ3) is 3.40. The van der Waals surface area contributed by atoms with Gasteiger partial charge in [-0.1, -0.05) is 13.8 Å². The lowest BCUT2D eigenvalue weighted by molar-refractivity contribution is -0.134. The van der Waals surface area contributed by atoms with Crippen LogP contribution in [0.2, 0.25) is 0 Å². The first-order valence-electron chi connectivity index (χ1n) is 9.68. The van der Waals surface area contributed by atoms with Crippen LogP contribution in [0, 0.1) is 18.8 Å². The molecule has 1 amide bonds. The van der Waals surface area contributed by atoms with Crippen LogP contribution in [0.5, 0.6) is 0 Å². The summed E-state index contributed by atoms with van der Waals surface area (Å²) in [5, 5.41) is 6.51. The first-order valence-corrected chi connectivity index (χ1v) is 10.6. The molecule has 0 saturated carbocycles. The van der Waals surface area contributed by atoms with Crippen molar-refractivity contribution in [3.63, 3.8) is 0 Å². The van der Waals surface area contributed by atoms with E-state index in [2.05, 4.69) is 18.9 Å². The molecule has 0 radical (unpaired) electrons. The van der Waals surface area contributed by atoms with Crippen LogP contribution in [0.25, 0.3) is 15.7 Å². The van der Waals surface area contributed by atoms with Crippen molar-refractivity contribution in [1.29, 1.82) is 0 Å². The van der Waals surface area contributed by atoms with Crippen LogP contribution in [0.15, 0.2) is 22.3 Å². The van der Waals surface area contributed by atoms with Crippen LogP contribution in [0.1, 0.15) is 38.9 Å². The Hall–Kier alpha value is -2.15. The van der Waals surface area contributed by atoms with E-state index in [1.807, 2.05) is 33.7 Å². The molecule has 1 saturated heterocycles. The largest absolute Gasteiger partial charge is 0.342 e. The third-order valence-electron chi connectivity index (χ3n) is 5.45. The highest BCUT2D eigenvalue weighted by atomic mass is 32.1. The summed E-state index contributed by atoms with van der Waals surface area (Å²) in [5.41, 5.74) is 1.61. The van der Waals surface area contributed by atoms with Gasteiger partial charge in [-0.2, -0.15) is 5.10 Å². The Balaban J connectivity index is 1.47. The number of hydrogen-bond donors (Lipinski definition) is 0. The minimum atomic E-state index is -0.0864. The maximum Gasteiger partial charge on any atom is 0.291 e. The van der Waals surface area contributed by atoms with E-state index in [4.69, 9.17) is 0 Å². The summed E-state index contributed by atoms with van der Waals surface area (Å²) >= 11 is 1.63. The highest BCUT2D eigenvalue weighted by Gasteiger charge is 2.25. The van der Waals surface area contributed by atoms with Crippen LogP contribution in [0.3, 0.4) is 0 Å². The molecule has 6 nitrogen and oxygen atoms in total. The van der Waals surface area contributed by atoms with E-state index in [-0.39, 0.29) is 11.5 Å². The quantitative estimate of drug-likeness (QED) is 0.691. The summed E-state index contributed by atoms with van der Waals surface area (Å²) in [6.07, 6.45) is 2.29. The van der Waals surface area contributed by atoms with Crippen LogP contribution >= 0.6 is 11.3 Å². The van der Waals surface area contributed by atoms with E-state index in [1.165, 1.54) is 11.1 Å². The Morgan fingerprint density at radius 1 is 1.26 bits per heavy atom. The molecule has 0 bridgehead atoms. The molecule has 1 aliphatic heterocycles. The molecule has 0 N–H and O–H groups in total. The van der Waals surface area contributed by atoms with Gasteiger partial charge in [-0.3, -0.25) is 14.0 Å². The lowest BCUT2D eigenvalue weighted by atomic mass is 9.91. The fourth-order valence-electron chi connectivity index (χ4n) is 4.38. The topological polar surface area (TPSA) is 59.6 Å². The highest BCUT2D eigenvalue weighted by molar-refractivity contribution is 7.17. The molecule has 0 aromatic carbocycles. The van der Waals surface area contributed by atoms with Crippen LogP contribution < -0.4 is 5.56 Å².